The van der Waals surface area contributed by atoms with Crippen LogP contribution in [0.2, 0.25) is 0 Å². The van der Waals surface area contributed by atoms with Crippen molar-refractivity contribution in [2.24, 2.45) is 5.73 Å². The van der Waals surface area contributed by atoms with Crippen LogP contribution >= 0.6 is 0 Å². The lowest BCUT2D eigenvalue weighted by Gasteiger charge is -2.04. The fraction of sp³-hybridized carbons (Fsp3) is 0.889. The van der Waals surface area contributed by atoms with Crippen molar-refractivity contribution in [3.8, 4) is 0 Å². The molecule has 0 aliphatic carbocycles. The number of urea groups is 1. The SMILES string of the molecule is CC.NC(=O)NCCOCCOCCO. The zero-order valence-electron chi connectivity index (χ0n) is 9.49. The highest BCUT2D eigenvalue weighted by molar-refractivity contribution is 5.71. The van der Waals surface area contributed by atoms with Crippen molar-refractivity contribution in [2.75, 3.05) is 39.6 Å². The lowest BCUT2D eigenvalue weighted by atomic mass is 10.6. The van der Waals surface area contributed by atoms with Gasteiger partial charge in [-0.2, -0.15) is 0 Å². The van der Waals surface area contributed by atoms with Gasteiger partial charge in [-0.1, -0.05) is 13.8 Å². The average Bonchev–Trinajstić information content (AvgIpc) is 2.24. The van der Waals surface area contributed by atoms with Crippen molar-refractivity contribution in [3.63, 3.8) is 0 Å². The molecule has 0 aromatic carbocycles. The lowest BCUT2D eigenvalue weighted by Crippen LogP contribution is -2.32. The summed E-state index contributed by atoms with van der Waals surface area (Å²) in [5.74, 6) is 0. The molecule has 0 aliphatic rings. The molecule has 0 rings (SSSR count). The summed E-state index contributed by atoms with van der Waals surface area (Å²) in [6.45, 7) is 6.03. The van der Waals surface area contributed by atoms with Crippen molar-refractivity contribution >= 4 is 6.03 Å². The maximum Gasteiger partial charge on any atom is 0.312 e. The van der Waals surface area contributed by atoms with Crippen molar-refractivity contribution in [3.05, 3.63) is 0 Å². The quantitative estimate of drug-likeness (QED) is 0.492. The summed E-state index contributed by atoms with van der Waals surface area (Å²) in [6.07, 6.45) is 0. The first-order chi connectivity index (χ1) is 7.27. The molecular formula is C9H22N2O4. The van der Waals surface area contributed by atoms with Crippen LogP contribution in [-0.2, 0) is 9.47 Å². The van der Waals surface area contributed by atoms with Crippen LogP contribution in [0.25, 0.3) is 0 Å². The van der Waals surface area contributed by atoms with Gasteiger partial charge in [0.1, 0.15) is 0 Å². The Morgan fingerprint density at radius 3 is 2.20 bits per heavy atom. The van der Waals surface area contributed by atoms with Gasteiger partial charge in [-0.3, -0.25) is 0 Å². The second-order valence-corrected chi connectivity index (χ2v) is 2.24. The molecule has 92 valence electrons. The highest BCUT2D eigenvalue weighted by Crippen LogP contribution is 1.77. The van der Waals surface area contributed by atoms with Crippen molar-refractivity contribution < 1.29 is 19.4 Å². The highest BCUT2D eigenvalue weighted by atomic mass is 16.5. The second-order valence-electron chi connectivity index (χ2n) is 2.24. The number of aliphatic hydroxyl groups excluding tert-OH is 1. The predicted molar refractivity (Wildman–Crippen MR) is 57.7 cm³/mol. The molecule has 0 aromatic heterocycles. The van der Waals surface area contributed by atoms with Gasteiger partial charge < -0.3 is 25.6 Å². The van der Waals surface area contributed by atoms with E-state index in [0.717, 1.165) is 0 Å². The molecule has 0 bridgehead atoms. The van der Waals surface area contributed by atoms with E-state index in [1.54, 1.807) is 0 Å². The minimum Gasteiger partial charge on any atom is -0.394 e. The Labute approximate surface area is 90.7 Å². The number of rotatable bonds is 8. The van der Waals surface area contributed by atoms with E-state index < -0.39 is 6.03 Å². The maximum absolute atomic E-state index is 10.2. The molecule has 0 aliphatic heterocycles. The average molecular weight is 222 g/mol. The molecule has 15 heavy (non-hydrogen) atoms. The number of nitrogens with two attached hydrogens (primary N) is 1. The van der Waals surface area contributed by atoms with Crippen LogP contribution in [0.3, 0.4) is 0 Å². The van der Waals surface area contributed by atoms with Crippen LogP contribution < -0.4 is 11.1 Å². The third kappa shape index (κ3) is 19.5. The van der Waals surface area contributed by atoms with Gasteiger partial charge in [-0.15, -0.1) is 0 Å². The number of ether oxygens (including phenoxy) is 2. The van der Waals surface area contributed by atoms with Gasteiger partial charge in [0.2, 0.25) is 0 Å². The van der Waals surface area contributed by atoms with Crippen molar-refractivity contribution in [2.45, 2.75) is 13.8 Å². The number of aliphatic hydroxyl groups is 1. The van der Waals surface area contributed by atoms with Gasteiger partial charge in [0.25, 0.3) is 0 Å². The van der Waals surface area contributed by atoms with Gasteiger partial charge in [0.15, 0.2) is 0 Å². The predicted octanol–water partition coefficient (Wildman–Crippen LogP) is -0.294. The first kappa shape index (κ1) is 16.6. The minimum atomic E-state index is -0.555. The van der Waals surface area contributed by atoms with Crippen LogP contribution in [0, 0.1) is 0 Å². The molecule has 0 spiro atoms. The molecule has 6 nitrogen and oxygen atoms in total. The number of carbonyl (C=O) groups is 1. The molecule has 6 heteroatoms. The van der Waals surface area contributed by atoms with E-state index in [9.17, 15) is 4.79 Å². The number of hydrogen-bond donors (Lipinski definition) is 3. The summed E-state index contributed by atoms with van der Waals surface area (Å²) in [4.78, 5) is 10.2. The monoisotopic (exact) mass is 222 g/mol. The third-order valence-electron chi connectivity index (χ3n) is 1.15. The van der Waals surface area contributed by atoms with E-state index in [1.165, 1.54) is 0 Å². The van der Waals surface area contributed by atoms with E-state index in [2.05, 4.69) is 5.32 Å². The van der Waals surface area contributed by atoms with Gasteiger partial charge in [0, 0.05) is 6.54 Å². The molecule has 0 atom stereocenters. The summed E-state index contributed by atoms with van der Waals surface area (Å²) >= 11 is 0. The molecule has 0 fully saturated rings. The molecule has 0 unspecified atom stereocenters. The standard InChI is InChI=1S/C7H16N2O4.C2H6/c8-7(11)9-1-3-12-5-6-13-4-2-10;1-2/h10H,1-6H2,(H3,8,9,11);1-2H3. The Bertz CT molecular complexity index is 133. The summed E-state index contributed by atoms with van der Waals surface area (Å²) in [6, 6.07) is -0.555. The number of nitrogens with one attached hydrogen (secondary N) is 1. The van der Waals surface area contributed by atoms with Crippen molar-refractivity contribution in [1.82, 2.24) is 5.32 Å². The van der Waals surface area contributed by atoms with Crippen LogP contribution in [0.4, 0.5) is 4.79 Å². The Morgan fingerprint density at radius 2 is 1.73 bits per heavy atom. The van der Waals surface area contributed by atoms with E-state index >= 15 is 0 Å². The molecule has 4 N–H and O–H groups in total. The molecule has 0 heterocycles. The number of hydrogen-bond acceptors (Lipinski definition) is 4. The summed E-state index contributed by atoms with van der Waals surface area (Å²) in [7, 11) is 0. The van der Waals surface area contributed by atoms with Crippen LogP contribution in [0.5, 0.6) is 0 Å². The molecule has 2 amide bonds. The van der Waals surface area contributed by atoms with Gasteiger partial charge in [-0.25, -0.2) is 4.79 Å². The van der Waals surface area contributed by atoms with Crippen LogP contribution in [0.1, 0.15) is 13.8 Å². The molecule has 0 aromatic rings. The van der Waals surface area contributed by atoms with Crippen LogP contribution in [-0.4, -0.2) is 50.7 Å². The zero-order valence-corrected chi connectivity index (χ0v) is 9.49. The number of amides is 2. The van der Waals surface area contributed by atoms with Gasteiger partial charge in [0.05, 0.1) is 33.0 Å². The molecule has 0 saturated carbocycles. The molecular weight excluding hydrogens is 200 g/mol. The fourth-order valence-electron chi connectivity index (χ4n) is 0.633. The maximum atomic E-state index is 10.2. The smallest absolute Gasteiger partial charge is 0.312 e. The van der Waals surface area contributed by atoms with Crippen LogP contribution in [0.15, 0.2) is 0 Å². The van der Waals surface area contributed by atoms with E-state index in [1.807, 2.05) is 13.8 Å². The van der Waals surface area contributed by atoms with Crippen molar-refractivity contribution in [1.29, 1.82) is 0 Å². The largest absolute Gasteiger partial charge is 0.394 e. The Morgan fingerprint density at radius 1 is 1.20 bits per heavy atom. The highest BCUT2D eigenvalue weighted by Gasteiger charge is 1.91. The Balaban J connectivity index is 0. The number of carbonyl (C=O) groups excluding carboxylic acids is 1. The third-order valence-corrected chi connectivity index (χ3v) is 1.15. The summed E-state index contributed by atoms with van der Waals surface area (Å²) in [5.41, 5.74) is 4.81. The van der Waals surface area contributed by atoms with Gasteiger partial charge >= 0.3 is 6.03 Å². The minimum absolute atomic E-state index is 0.0171. The summed E-state index contributed by atoms with van der Waals surface area (Å²) < 4.78 is 9.98. The van der Waals surface area contributed by atoms with Gasteiger partial charge in [-0.05, 0) is 0 Å². The first-order valence-electron chi connectivity index (χ1n) is 5.07. The topological polar surface area (TPSA) is 93.8 Å². The molecule has 0 radical (unpaired) electrons. The molecule has 0 saturated heterocycles. The zero-order chi connectivity index (χ0) is 11.9. The van der Waals surface area contributed by atoms with E-state index in [0.29, 0.717) is 33.0 Å². The van der Waals surface area contributed by atoms with E-state index in [-0.39, 0.29) is 6.61 Å². The normalized spacial score (nSPS) is 9.00. The number of primary amides is 1. The first-order valence-corrected chi connectivity index (χ1v) is 5.07. The Kier molecular flexibility index (Phi) is 17.3. The van der Waals surface area contributed by atoms with E-state index in [4.69, 9.17) is 20.3 Å². The lowest BCUT2D eigenvalue weighted by molar-refractivity contribution is 0.0345. The second kappa shape index (κ2) is 15.6. The fourth-order valence-corrected chi connectivity index (χ4v) is 0.633. The Hall–Kier alpha value is -0.850. The summed E-state index contributed by atoms with van der Waals surface area (Å²) in [5, 5.41) is 10.7.